The minimum Gasteiger partial charge on any atom is -0.377 e. The Morgan fingerprint density at radius 2 is 2.30 bits per heavy atom. The standard InChI is InChI=1S/C13H25N5O2/c1-3-4-5-6-7-11(2)20-9-8-18-10-12(16-17-18)13(19)15-14/h10-11H,3-9,14H2,1-2H3,(H,15,19). The third kappa shape index (κ3) is 6.12. The van der Waals surface area contributed by atoms with Gasteiger partial charge in [0.05, 0.1) is 25.5 Å². The van der Waals surface area contributed by atoms with Gasteiger partial charge in [0.1, 0.15) is 0 Å². The summed E-state index contributed by atoms with van der Waals surface area (Å²) in [5, 5.41) is 7.56. The Kier molecular flexibility index (Phi) is 7.82. The van der Waals surface area contributed by atoms with E-state index in [2.05, 4.69) is 24.2 Å². The molecule has 114 valence electrons. The van der Waals surface area contributed by atoms with Crippen LogP contribution in [-0.4, -0.2) is 33.6 Å². The lowest BCUT2D eigenvalue weighted by atomic mass is 10.1. The van der Waals surface area contributed by atoms with Crippen molar-refractivity contribution in [2.45, 2.75) is 58.6 Å². The predicted octanol–water partition coefficient (Wildman–Crippen LogP) is 1.26. The lowest BCUT2D eigenvalue weighted by molar-refractivity contribution is 0.0513. The summed E-state index contributed by atoms with van der Waals surface area (Å²) in [6.45, 7) is 5.42. The lowest BCUT2D eigenvalue weighted by Gasteiger charge is -2.12. The summed E-state index contributed by atoms with van der Waals surface area (Å²) >= 11 is 0. The van der Waals surface area contributed by atoms with Gasteiger partial charge in [-0.3, -0.25) is 10.2 Å². The lowest BCUT2D eigenvalue weighted by Crippen LogP contribution is -2.30. The number of nitrogens with one attached hydrogen (secondary N) is 1. The number of nitrogen functional groups attached to an aromatic ring is 1. The molecule has 1 aromatic rings. The molecule has 0 saturated carbocycles. The van der Waals surface area contributed by atoms with Crippen LogP contribution in [0.5, 0.6) is 0 Å². The molecule has 1 unspecified atom stereocenters. The number of rotatable bonds is 10. The summed E-state index contributed by atoms with van der Waals surface area (Å²) in [5.74, 6) is 4.58. The molecular weight excluding hydrogens is 258 g/mol. The molecule has 7 heteroatoms. The first kappa shape index (κ1) is 16.6. The Morgan fingerprint density at radius 1 is 1.50 bits per heavy atom. The molecule has 7 nitrogen and oxygen atoms in total. The highest BCUT2D eigenvalue weighted by Crippen LogP contribution is 2.07. The van der Waals surface area contributed by atoms with E-state index < -0.39 is 5.91 Å². The SMILES string of the molecule is CCCCCCC(C)OCCn1cc(C(=O)NN)nn1. The number of carbonyl (C=O) groups is 1. The number of hydrogen-bond acceptors (Lipinski definition) is 5. The molecule has 1 amide bonds. The Morgan fingerprint density at radius 3 is 3.00 bits per heavy atom. The maximum absolute atomic E-state index is 11.2. The van der Waals surface area contributed by atoms with E-state index in [1.54, 1.807) is 10.9 Å². The summed E-state index contributed by atoms with van der Waals surface area (Å²) in [6.07, 6.45) is 7.90. The molecule has 0 bridgehead atoms. The second kappa shape index (κ2) is 9.44. The average Bonchev–Trinajstić information content (AvgIpc) is 2.91. The molecule has 20 heavy (non-hydrogen) atoms. The maximum atomic E-state index is 11.2. The fourth-order valence-corrected chi connectivity index (χ4v) is 1.87. The number of nitrogens with two attached hydrogens (primary N) is 1. The molecule has 0 aromatic carbocycles. The number of hydrazine groups is 1. The van der Waals surface area contributed by atoms with Crippen molar-refractivity contribution in [1.29, 1.82) is 0 Å². The van der Waals surface area contributed by atoms with Crippen LogP contribution in [0.4, 0.5) is 0 Å². The van der Waals surface area contributed by atoms with Crippen LogP contribution in [0, 0.1) is 0 Å². The van der Waals surface area contributed by atoms with Crippen molar-refractivity contribution < 1.29 is 9.53 Å². The fraction of sp³-hybridized carbons (Fsp3) is 0.769. The second-order valence-corrected chi connectivity index (χ2v) is 4.87. The summed E-state index contributed by atoms with van der Waals surface area (Å²) in [5.41, 5.74) is 2.22. The van der Waals surface area contributed by atoms with Crippen molar-refractivity contribution in [1.82, 2.24) is 20.4 Å². The van der Waals surface area contributed by atoms with E-state index in [1.807, 2.05) is 5.43 Å². The molecular formula is C13H25N5O2. The molecule has 1 heterocycles. The highest BCUT2D eigenvalue weighted by molar-refractivity contribution is 5.91. The number of nitrogens with zero attached hydrogens (tertiary/aromatic N) is 3. The van der Waals surface area contributed by atoms with E-state index in [1.165, 1.54) is 25.7 Å². The smallest absolute Gasteiger partial charge is 0.287 e. The van der Waals surface area contributed by atoms with E-state index in [0.29, 0.717) is 13.2 Å². The average molecular weight is 283 g/mol. The van der Waals surface area contributed by atoms with Crippen molar-refractivity contribution in [3.05, 3.63) is 11.9 Å². The van der Waals surface area contributed by atoms with Gasteiger partial charge >= 0.3 is 0 Å². The summed E-state index contributed by atoms with van der Waals surface area (Å²) in [7, 11) is 0. The van der Waals surface area contributed by atoms with Crippen molar-refractivity contribution in [3.8, 4) is 0 Å². The van der Waals surface area contributed by atoms with Crippen LogP contribution in [0.3, 0.4) is 0 Å². The molecule has 1 rings (SSSR count). The topological polar surface area (TPSA) is 95.1 Å². The van der Waals surface area contributed by atoms with Crippen molar-refractivity contribution in [2.75, 3.05) is 6.61 Å². The van der Waals surface area contributed by atoms with Crippen LogP contribution in [-0.2, 0) is 11.3 Å². The molecule has 0 fully saturated rings. The van der Waals surface area contributed by atoms with Gasteiger partial charge in [0, 0.05) is 0 Å². The zero-order valence-corrected chi connectivity index (χ0v) is 12.3. The molecule has 3 N–H and O–H groups in total. The zero-order chi connectivity index (χ0) is 14.8. The van der Waals surface area contributed by atoms with Crippen LogP contribution in [0.25, 0.3) is 0 Å². The van der Waals surface area contributed by atoms with Crippen LogP contribution in [0.2, 0.25) is 0 Å². The third-order valence-corrected chi connectivity index (χ3v) is 3.09. The normalized spacial score (nSPS) is 12.3. The van der Waals surface area contributed by atoms with Gasteiger partial charge in [0.2, 0.25) is 0 Å². The fourth-order valence-electron chi connectivity index (χ4n) is 1.87. The van der Waals surface area contributed by atoms with Gasteiger partial charge in [-0.2, -0.15) is 0 Å². The molecule has 0 aliphatic carbocycles. The van der Waals surface area contributed by atoms with E-state index in [-0.39, 0.29) is 11.8 Å². The van der Waals surface area contributed by atoms with Crippen molar-refractivity contribution in [2.24, 2.45) is 5.84 Å². The summed E-state index contributed by atoms with van der Waals surface area (Å²) < 4.78 is 7.29. The number of hydrogen-bond donors (Lipinski definition) is 2. The maximum Gasteiger partial charge on any atom is 0.287 e. The monoisotopic (exact) mass is 283 g/mol. The Labute approximate surface area is 119 Å². The molecule has 0 aliphatic heterocycles. The van der Waals surface area contributed by atoms with Crippen molar-refractivity contribution >= 4 is 5.91 Å². The number of aromatic nitrogens is 3. The summed E-state index contributed by atoms with van der Waals surface area (Å²) in [4.78, 5) is 11.2. The number of unbranched alkanes of at least 4 members (excludes halogenated alkanes) is 3. The highest BCUT2D eigenvalue weighted by Gasteiger charge is 2.09. The van der Waals surface area contributed by atoms with E-state index in [4.69, 9.17) is 10.6 Å². The Bertz CT molecular complexity index is 394. The quantitative estimate of drug-likeness (QED) is 0.292. The Balaban J connectivity index is 2.17. The van der Waals surface area contributed by atoms with Crippen molar-refractivity contribution in [3.63, 3.8) is 0 Å². The third-order valence-electron chi connectivity index (χ3n) is 3.09. The molecule has 1 aromatic heterocycles. The van der Waals surface area contributed by atoms with Gasteiger partial charge in [-0.25, -0.2) is 10.5 Å². The van der Waals surface area contributed by atoms with E-state index >= 15 is 0 Å². The Hall–Kier alpha value is -1.47. The number of amides is 1. The van der Waals surface area contributed by atoms with Crippen LogP contribution in [0.1, 0.15) is 56.4 Å². The summed E-state index contributed by atoms with van der Waals surface area (Å²) in [6, 6.07) is 0. The first-order valence-electron chi connectivity index (χ1n) is 7.20. The molecule has 1 atom stereocenters. The highest BCUT2D eigenvalue weighted by atomic mass is 16.5. The molecule has 0 aliphatic rings. The number of carbonyl (C=O) groups excluding carboxylic acids is 1. The van der Waals surface area contributed by atoms with Gasteiger partial charge in [-0.05, 0) is 13.3 Å². The van der Waals surface area contributed by atoms with E-state index in [9.17, 15) is 4.79 Å². The van der Waals surface area contributed by atoms with Gasteiger partial charge in [0.15, 0.2) is 5.69 Å². The molecule has 0 saturated heterocycles. The van der Waals surface area contributed by atoms with Crippen LogP contribution in [0.15, 0.2) is 6.20 Å². The first-order chi connectivity index (χ1) is 9.67. The molecule has 0 radical (unpaired) electrons. The van der Waals surface area contributed by atoms with Gasteiger partial charge < -0.3 is 4.74 Å². The van der Waals surface area contributed by atoms with E-state index in [0.717, 1.165) is 6.42 Å². The minimum atomic E-state index is -0.443. The minimum absolute atomic E-state index is 0.208. The first-order valence-corrected chi connectivity index (χ1v) is 7.20. The van der Waals surface area contributed by atoms with Gasteiger partial charge in [-0.1, -0.05) is 37.8 Å². The number of ether oxygens (including phenoxy) is 1. The van der Waals surface area contributed by atoms with Gasteiger partial charge in [0.25, 0.3) is 5.91 Å². The van der Waals surface area contributed by atoms with Gasteiger partial charge in [-0.15, -0.1) is 5.10 Å². The largest absolute Gasteiger partial charge is 0.377 e. The zero-order valence-electron chi connectivity index (χ0n) is 12.3. The van der Waals surface area contributed by atoms with Crippen LogP contribution >= 0.6 is 0 Å². The second-order valence-electron chi connectivity index (χ2n) is 4.87. The van der Waals surface area contributed by atoms with Crippen LogP contribution < -0.4 is 11.3 Å². The molecule has 0 spiro atoms. The predicted molar refractivity (Wildman–Crippen MR) is 75.8 cm³/mol.